The van der Waals surface area contributed by atoms with Gasteiger partial charge in [0.2, 0.25) is 0 Å². The Hall–Kier alpha value is -3.41. The highest BCUT2D eigenvalue weighted by Crippen LogP contribution is 2.28. The molecule has 0 spiro atoms. The van der Waals surface area contributed by atoms with E-state index in [-0.39, 0.29) is 11.1 Å². The molecule has 0 saturated carbocycles. The second kappa shape index (κ2) is 5.59. The highest BCUT2D eigenvalue weighted by atomic mass is 16.4. The van der Waals surface area contributed by atoms with Gasteiger partial charge in [0.25, 0.3) is 5.56 Å². The zero-order valence-electron chi connectivity index (χ0n) is 13.3. The van der Waals surface area contributed by atoms with E-state index >= 15 is 0 Å². The number of carboxylic acid groups (broad SMARTS) is 1. The molecule has 0 atom stereocenters. The second-order valence-electron chi connectivity index (χ2n) is 6.02. The van der Waals surface area contributed by atoms with E-state index in [1.807, 2.05) is 6.08 Å². The summed E-state index contributed by atoms with van der Waals surface area (Å²) in [6.45, 7) is 0.584. The molecule has 3 aromatic rings. The molecule has 0 amide bonds. The number of nitrogens with zero attached hydrogens (tertiary/aromatic N) is 2. The molecule has 0 fully saturated rings. The number of rotatable bonds is 2. The monoisotopic (exact) mass is 333 g/mol. The summed E-state index contributed by atoms with van der Waals surface area (Å²) in [5, 5.41) is 9.53. The number of allylic oxidation sites excluding steroid dienone is 1. The number of aromatic carboxylic acids is 1. The lowest BCUT2D eigenvalue weighted by atomic mass is 10.1. The van der Waals surface area contributed by atoms with Crippen LogP contribution in [0.3, 0.4) is 0 Å². The molecule has 1 aliphatic rings. The van der Waals surface area contributed by atoms with E-state index in [1.54, 1.807) is 47.0 Å². The molecular formula is C19H15N3O3. The van der Waals surface area contributed by atoms with Crippen molar-refractivity contribution >= 4 is 34.2 Å². The summed E-state index contributed by atoms with van der Waals surface area (Å²) in [7, 11) is 0. The van der Waals surface area contributed by atoms with Crippen LogP contribution in [0.1, 0.15) is 28.2 Å². The normalized spacial score (nSPS) is 14.8. The first-order valence-corrected chi connectivity index (χ1v) is 7.87. The predicted octanol–water partition coefficient (Wildman–Crippen LogP) is 2.62. The van der Waals surface area contributed by atoms with Crippen LogP contribution < -0.4 is 11.3 Å². The summed E-state index contributed by atoms with van der Waals surface area (Å²) in [5.74, 6) is -0.312. The standard InChI is InChI=1S/C19H15N3O3/c20-14-5-6-15-16(10-14)21-17-13(7-8-22(17)18(15)23)9-11-1-3-12(4-2-11)19(24)25/h1-6,9-10H,7-8,20H2,(H,24,25)/b13-9+. The van der Waals surface area contributed by atoms with Gasteiger partial charge in [-0.05, 0) is 54.0 Å². The van der Waals surface area contributed by atoms with Crippen molar-refractivity contribution < 1.29 is 9.90 Å². The maximum atomic E-state index is 12.6. The van der Waals surface area contributed by atoms with Crippen molar-refractivity contribution in [3.05, 3.63) is 69.8 Å². The molecule has 0 unspecified atom stereocenters. The summed E-state index contributed by atoms with van der Waals surface area (Å²) in [6.07, 6.45) is 2.64. The molecule has 0 saturated heterocycles. The lowest BCUT2D eigenvalue weighted by molar-refractivity contribution is 0.0697. The Morgan fingerprint density at radius 1 is 1.20 bits per heavy atom. The number of fused-ring (bicyclic) bond motifs is 2. The number of carboxylic acids is 1. The first-order chi connectivity index (χ1) is 12.0. The van der Waals surface area contributed by atoms with Gasteiger partial charge < -0.3 is 10.8 Å². The smallest absolute Gasteiger partial charge is 0.335 e. The molecule has 1 aromatic heterocycles. The van der Waals surface area contributed by atoms with Gasteiger partial charge in [0.05, 0.1) is 16.5 Å². The lowest BCUT2D eigenvalue weighted by Crippen LogP contribution is -2.20. The van der Waals surface area contributed by atoms with E-state index in [0.29, 0.717) is 35.4 Å². The van der Waals surface area contributed by atoms with E-state index < -0.39 is 5.97 Å². The van der Waals surface area contributed by atoms with Gasteiger partial charge in [-0.15, -0.1) is 0 Å². The molecule has 3 N–H and O–H groups in total. The molecule has 0 radical (unpaired) electrons. The summed E-state index contributed by atoms with van der Waals surface area (Å²) < 4.78 is 1.68. The van der Waals surface area contributed by atoms with Crippen LogP contribution in [0.4, 0.5) is 5.69 Å². The van der Waals surface area contributed by atoms with E-state index in [4.69, 9.17) is 10.8 Å². The fraction of sp³-hybridized carbons (Fsp3) is 0.105. The molecule has 124 valence electrons. The zero-order valence-corrected chi connectivity index (χ0v) is 13.3. The quantitative estimate of drug-likeness (QED) is 0.703. The van der Waals surface area contributed by atoms with Gasteiger partial charge >= 0.3 is 5.97 Å². The minimum atomic E-state index is -0.956. The lowest BCUT2D eigenvalue weighted by Gasteiger charge is -2.06. The Morgan fingerprint density at radius 3 is 2.68 bits per heavy atom. The molecule has 0 aliphatic carbocycles. The Morgan fingerprint density at radius 2 is 1.96 bits per heavy atom. The molecule has 25 heavy (non-hydrogen) atoms. The number of anilines is 1. The highest BCUT2D eigenvalue weighted by Gasteiger charge is 2.20. The summed E-state index contributed by atoms with van der Waals surface area (Å²) in [4.78, 5) is 28.2. The molecule has 2 heterocycles. The topological polar surface area (TPSA) is 98.2 Å². The summed E-state index contributed by atoms with van der Waals surface area (Å²) in [6, 6.07) is 11.7. The maximum absolute atomic E-state index is 12.6. The average Bonchev–Trinajstić information content (AvgIpc) is 2.98. The van der Waals surface area contributed by atoms with Crippen LogP contribution in [0.15, 0.2) is 47.3 Å². The number of nitrogen functional groups attached to an aromatic ring is 1. The van der Waals surface area contributed by atoms with Gasteiger partial charge in [-0.25, -0.2) is 9.78 Å². The van der Waals surface area contributed by atoms with Crippen molar-refractivity contribution in [3.8, 4) is 0 Å². The highest BCUT2D eigenvalue weighted by molar-refractivity contribution is 5.89. The van der Waals surface area contributed by atoms with Gasteiger partial charge in [0, 0.05) is 12.2 Å². The van der Waals surface area contributed by atoms with Crippen molar-refractivity contribution in [1.82, 2.24) is 9.55 Å². The van der Waals surface area contributed by atoms with Gasteiger partial charge in [-0.1, -0.05) is 12.1 Å². The zero-order chi connectivity index (χ0) is 17.6. The van der Waals surface area contributed by atoms with Crippen LogP contribution in [0.5, 0.6) is 0 Å². The van der Waals surface area contributed by atoms with Crippen LogP contribution in [0, 0.1) is 0 Å². The minimum Gasteiger partial charge on any atom is -0.478 e. The molecule has 1 aliphatic heterocycles. The van der Waals surface area contributed by atoms with Crippen molar-refractivity contribution in [3.63, 3.8) is 0 Å². The molecule has 6 heteroatoms. The maximum Gasteiger partial charge on any atom is 0.335 e. The minimum absolute atomic E-state index is 0.0652. The van der Waals surface area contributed by atoms with Gasteiger partial charge in [0.15, 0.2) is 0 Å². The average molecular weight is 333 g/mol. The number of benzene rings is 2. The Bertz CT molecular complexity index is 1100. The number of aromatic nitrogens is 2. The SMILES string of the molecule is Nc1ccc2c(=O)n3c(nc2c1)/C(=C/c1ccc(C(=O)O)cc1)CC3. The first kappa shape index (κ1) is 15.1. The number of hydrogen-bond acceptors (Lipinski definition) is 4. The fourth-order valence-corrected chi connectivity index (χ4v) is 3.09. The van der Waals surface area contributed by atoms with Gasteiger partial charge in [-0.3, -0.25) is 9.36 Å². The molecular weight excluding hydrogens is 318 g/mol. The van der Waals surface area contributed by atoms with Crippen molar-refractivity contribution in [1.29, 1.82) is 0 Å². The Kier molecular flexibility index (Phi) is 3.39. The Balaban J connectivity index is 1.82. The van der Waals surface area contributed by atoms with Crippen LogP contribution >= 0.6 is 0 Å². The largest absolute Gasteiger partial charge is 0.478 e. The fourth-order valence-electron chi connectivity index (χ4n) is 3.09. The summed E-state index contributed by atoms with van der Waals surface area (Å²) in [5.41, 5.74) is 8.95. The predicted molar refractivity (Wildman–Crippen MR) is 96.3 cm³/mol. The van der Waals surface area contributed by atoms with E-state index in [0.717, 1.165) is 11.1 Å². The van der Waals surface area contributed by atoms with Crippen molar-refractivity contribution in [2.45, 2.75) is 13.0 Å². The van der Waals surface area contributed by atoms with E-state index in [9.17, 15) is 9.59 Å². The molecule has 0 bridgehead atoms. The molecule has 4 rings (SSSR count). The first-order valence-electron chi connectivity index (χ1n) is 7.87. The number of nitrogens with two attached hydrogens (primary N) is 1. The van der Waals surface area contributed by atoms with E-state index in [1.165, 1.54) is 0 Å². The van der Waals surface area contributed by atoms with Crippen molar-refractivity contribution in [2.24, 2.45) is 0 Å². The molecule has 6 nitrogen and oxygen atoms in total. The number of carbonyl (C=O) groups is 1. The van der Waals surface area contributed by atoms with Crippen LogP contribution in [-0.2, 0) is 6.54 Å². The van der Waals surface area contributed by atoms with Gasteiger partial charge in [-0.2, -0.15) is 0 Å². The Labute approximate surface area is 142 Å². The van der Waals surface area contributed by atoms with Gasteiger partial charge in [0.1, 0.15) is 5.82 Å². The van der Waals surface area contributed by atoms with E-state index in [2.05, 4.69) is 4.98 Å². The summed E-state index contributed by atoms with van der Waals surface area (Å²) >= 11 is 0. The third-order valence-corrected chi connectivity index (χ3v) is 4.37. The van der Waals surface area contributed by atoms with Crippen LogP contribution in [-0.4, -0.2) is 20.6 Å². The second-order valence-corrected chi connectivity index (χ2v) is 6.02. The number of hydrogen-bond donors (Lipinski definition) is 2. The third kappa shape index (κ3) is 2.57. The third-order valence-electron chi connectivity index (χ3n) is 4.37. The molecule has 2 aromatic carbocycles. The van der Waals surface area contributed by atoms with Crippen molar-refractivity contribution in [2.75, 3.05) is 5.73 Å². The van der Waals surface area contributed by atoms with Crippen LogP contribution in [0.2, 0.25) is 0 Å². The van der Waals surface area contributed by atoms with Crippen LogP contribution in [0.25, 0.3) is 22.6 Å².